The number of hydrogen-bond donors (Lipinski definition) is 1. The van der Waals surface area contributed by atoms with E-state index in [1.54, 1.807) is 0 Å². The summed E-state index contributed by atoms with van der Waals surface area (Å²) in [5.74, 6) is 0.923. The molecule has 2 heteroatoms. The summed E-state index contributed by atoms with van der Waals surface area (Å²) in [6.45, 7) is 2.16. The van der Waals surface area contributed by atoms with Crippen LogP contribution in [0.4, 0.5) is 0 Å². The number of aryl methyl sites for hydroxylation is 2. The van der Waals surface area contributed by atoms with Gasteiger partial charge in [0.1, 0.15) is 11.9 Å². The monoisotopic (exact) mass is 281 g/mol. The third-order valence-electron chi connectivity index (χ3n) is 4.37. The summed E-state index contributed by atoms with van der Waals surface area (Å²) in [4.78, 5) is 0. The van der Waals surface area contributed by atoms with Gasteiger partial charge in [0.25, 0.3) is 0 Å². The third-order valence-corrected chi connectivity index (χ3v) is 4.37. The molecule has 0 saturated heterocycles. The van der Waals surface area contributed by atoms with Gasteiger partial charge in [-0.3, -0.25) is 0 Å². The largest absolute Gasteiger partial charge is 0.488 e. The van der Waals surface area contributed by atoms with Gasteiger partial charge in [-0.15, -0.1) is 0 Å². The Morgan fingerprint density at radius 2 is 1.86 bits per heavy atom. The van der Waals surface area contributed by atoms with Gasteiger partial charge < -0.3 is 10.5 Å². The second-order valence-corrected chi connectivity index (χ2v) is 5.77. The highest BCUT2D eigenvalue weighted by Crippen LogP contribution is 2.30. The van der Waals surface area contributed by atoms with Crippen molar-refractivity contribution in [3.05, 3.63) is 65.2 Å². The van der Waals surface area contributed by atoms with E-state index in [9.17, 15) is 0 Å². The number of rotatable bonds is 3. The van der Waals surface area contributed by atoms with Gasteiger partial charge in [-0.2, -0.15) is 0 Å². The molecule has 1 aliphatic carbocycles. The summed E-state index contributed by atoms with van der Waals surface area (Å²) < 4.78 is 6.18. The Kier molecular flexibility index (Phi) is 4.26. The van der Waals surface area contributed by atoms with Crippen molar-refractivity contribution in [3.8, 4) is 5.75 Å². The predicted molar refractivity (Wildman–Crippen MR) is 86.5 cm³/mol. The molecular formula is C19H23NO. The van der Waals surface area contributed by atoms with Crippen LogP contribution in [-0.4, -0.2) is 6.10 Å². The lowest BCUT2D eigenvalue weighted by Crippen LogP contribution is -2.30. The Labute approximate surface area is 126 Å². The molecule has 0 fully saturated rings. The van der Waals surface area contributed by atoms with Gasteiger partial charge in [0.15, 0.2) is 0 Å². The van der Waals surface area contributed by atoms with Crippen molar-refractivity contribution in [3.63, 3.8) is 0 Å². The van der Waals surface area contributed by atoms with Gasteiger partial charge in [-0.05, 0) is 54.5 Å². The zero-order valence-corrected chi connectivity index (χ0v) is 12.6. The number of fused-ring (bicyclic) bond motifs is 1. The molecule has 2 unspecified atom stereocenters. The van der Waals surface area contributed by atoms with Gasteiger partial charge in [-0.1, -0.05) is 43.3 Å². The first kappa shape index (κ1) is 14.2. The maximum atomic E-state index is 6.47. The van der Waals surface area contributed by atoms with Crippen LogP contribution in [0.3, 0.4) is 0 Å². The van der Waals surface area contributed by atoms with E-state index in [1.165, 1.54) is 16.7 Å². The lowest BCUT2D eigenvalue weighted by molar-refractivity contribution is 0.162. The Hall–Kier alpha value is -1.80. The van der Waals surface area contributed by atoms with Crippen molar-refractivity contribution >= 4 is 0 Å². The predicted octanol–water partition coefficient (Wildman–Crippen LogP) is 4.03. The van der Waals surface area contributed by atoms with E-state index in [0.29, 0.717) is 0 Å². The van der Waals surface area contributed by atoms with E-state index in [4.69, 9.17) is 10.5 Å². The van der Waals surface area contributed by atoms with Gasteiger partial charge >= 0.3 is 0 Å². The highest BCUT2D eigenvalue weighted by molar-refractivity contribution is 5.33. The van der Waals surface area contributed by atoms with Gasteiger partial charge in [0.2, 0.25) is 0 Å². The molecule has 2 atom stereocenters. The number of benzene rings is 2. The average Bonchev–Trinajstić information content (AvgIpc) is 2.69. The van der Waals surface area contributed by atoms with Gasteiger partial charge in [0.05, 0.1) is 6.04 Å². The SMILES string of the molecule is CCc1ccc(OC2CCCc3ccccc3C2N)cc1. The molecule has 2 N–H and O–H groups in total. The van der Waals surface area contributed by atoms with Crippen LogP contribution in [0, 0.1) is 0 Å². The maximum absolute atomic E-state index is 6.47. The molecule has 0 saturated carbocycles. The fourth-order valence-electron chi connectivity index (χ4n) is 3.07. The molecule has 3 rings (SSSR count). The lowest BCUT2D eigenvalue weighted by atomic mass is 9.98. The highest BCUT2D eigenvalue weighted by atomic mass is 16.5. The van der Waals surface area contributed by atoms with E-state index in [1.807, 2.05) is 0 Å². The van der Waals surface area contributed by atoms with Crippen LogP contribution in [-0.2, 0) is 12.8 Å². The van der Waals surface area contributed by atoms with Crippen LogP contribution in [0.5, 0.6) is 5.75 Å². The number of hydrogen-bond acceptors (Lipinski definition) is 2. The zero-order chi connectivity index (χ0) is 14.7. The molecule has 0 amide bonds. The molecule has 0 aliphatic heterocycles. The van der Waals surface area contributed by atoms with Crippen LogP contribution in [0.15, 0.2) is 48.5 Å². The van der Waals surface area contributed by atoms with Crippen molar-refractivity contribution in [1.82, 2.24) is 0 Å². The van der Waals surface area contributed by atoms with Crippen molar-refractivity contribution in [1.29, 1.82) is 0 Å². The molecule has 2 aromatic carbocycles. The van der Waals surface area contributed by atoms with Crippen LogP contribution in [0.1, 0.15) is 42.5 Å². The molecule has 0 spiro atoms. The Morgan fingerprint density at radius 1 is 1.10 bits per heavy atom. The quantitative estimate of drug-likeness (QED) is 0.862. The molecular weight excluding hydrogens is 258 g/mol. The van der Waals surface area contributed by atoms with Crippen LogP contribution in [0.25, 0.3) is 0 Å². The van der Waals surface area contributed by atoms with E-state index in [2.05, 4.69) is 55.5 Å². The first-order chi connectivity index (χ1) is 10.3. The maximum Gasteiger partial charge on any atom is 0.119 e. The van der Waals surface area contributed by atoms with Crippen molar-refractivity contribution in [2.75, 3.05) is 0 Å². The van der Waals surface area contributed by atoms with Crippen LogP contribution >= 0.6 is 0 Å². The van der Waals surface area contributed by atoms with Crippen molar-refractivity contribution < 1.29 is 4.74 Å². The second-order valence-electron chi connectivity index (χ2n) is 5.77. The zero-order valence-electron chi connectivity index (χ0n) is 12.6. The van der Waals surface area contributed by atoms with E-state index >= 15 is 0 Å². The molecule has 0 bridgehead atoms. The molecule has 0 aromatic heterocycles. The number of ether oxygens (including phenoxy) is 1. The molecule has 1 aliphatic rings. The second kappa shape index (κ2) is 6.31. The highest BCUT2D eigenvalue weighted by Gasteiger charge is 2.26. The van der Waals surface area contributed by atoms with Gasteiger partial charge in [0, 0.05) is 0 Å². The summed E-state index contributed by atoms with van der Waals surface area (Å²) in [5.41, 5.74) is 10.4. The Bertz CT molecular complexity index is 591. The first-order valence-electron chi connectivity index (χ1n) is 7.87. The van der Waals surface area contributed by atoms with Crippen LogP contribution < -0.4 is 10.5 Å². The molecule has 110 valence electrons. The van der Waals surface area contributed by atoms with Crippen LogP contribution in [0.2, 0.25) is 0 Å². The first-order valence-corrected chi connectivity index (χ1v) is 7.87. The third kappa shape index (κ3) is 3.11. The van der Waals surface area contributed by atoms with E-state index in [0.717, 1.165) is 31.4 Å². The fraction of sp³-hybridized carbons (Fsp3) is 0.368. The summed E-state index contributed by atoms with van der Waals surface area (Å²) in [7, 11) is 0. The summed E-state index contributed by atoms with van der Waals surface area (Å²) in [6, 6.07) is 16.8. The molecule has 0 radical (unpaired) electrons. The van der Waals surface area contributed by atoms with Gasteiger partial charge in [-0.25, -0.2) is 0 Å². The van der Waals surface area contributed by atoms with Crippen molar-refractivity contribution in [2.24, 2.45) is 5.73 Å². The minimum Gasteiger partial charge on any atom is -0.488 e. The molecule has 21 heavy (non-hydrogen) atoms. The fourth-order valence-corrected chi connectivity index (χ4v) is 3.07. The van der Waals surface area contributed by atoms with E-state index < -0.39 is 0 Å². The smallest absolute Gasteiger partial charge is 0.119 e. The van der Waals surface area contributed by atoms with E-state index in [-0.39, 0.29) is 12.1 Å². The molecule has 2 nitrogen and oxygen atoms in total. The Morgan fingerprint density at radius 3 is 2.62 bits per heavy atom. The number of nitrogens with two attached hydrogens (primary N) is 1. The molecule has 0 heterocycles. The standard InChI is InChI=1S/C19H23NO/c1-2-14-10-12-16(13-11-14)21-18-9-5-7-15-6-3-4-8-17(15)19(18)20/h3-4,6,8,10-13,18-19H,2,5,7,9,20H2,1H3. The summed E-state index contributed by atoms with van der Waals surface area (Å²) >= 11 is 0. The Balaban J connectivity index is 1.78. The minimum absolute atomic E-state index is 0.0467. The summed E-state index contributed by atoms with van der Waals surface area (Å²) in [5, 5.41) is 0. The molecule has 2 aromatic rings. The average molecular weight is 281 g/mol. The lowest BCUT2D eigenvalue weighted by Gasteiger charge is -2.24. The summed E-state index contributed by atoms with van der Waals surface area (Å²) in [6.07, 6.45) is 4.34. The topological polar surface area (TPSA) is 35.2 Å². The normalized spacial score (nSPS) is 21.4. The minimum atomic E-state index is -0.0467. The van der Waals surface area contributed by atoms with Crippen molar-refractivity contribution in [2.45, 2.75) is 44.8 Å².